The molecule has 0 fully saturated rings. The fourth-order valence-corrected chi connectivity index (χ4v) is 1.69. The van der Waals surface area contributed by atoms with Gasteiger partial charge in [-0.25, -0.2) is 4.79 Å². The second-order valence-electron chi connectivity index (χ2n) is 3.46. The van der Waals surface area contributed by atoms with Crippen LogP contribution in [0, 0.1) is 0 Å². The lowest BCUT2D eigenvalue weighted by Crippen LogP contribution is -2.03. The van der Waals surface area contributed by atoms with E-state index in [0.717, 1.165) is 0 Å². The molecule has 2 aromatic rings. The predicted octanol–water partition coefficient (Wildman–Crippen LogP) is 1.30. The maximum Gasteiger partial charge on any atom is 0.343 e. The molecule has 0 radical (unpaired) electrons. The van der Waals surface area contributed by atoms with Gasteiger partial charge in [-0.05, 0) is 12.1 Å². The Bertz CT molecular complexity index is 600. The van der Waals surface area contributed by atoms with Crippen molar-refractivity contribution in [2.45, 2.75) is 6.61 Å². The number of rotatable bonds is 3. The lowest BCUT2D eigenvalue weighted by molar-refractivity contribution is 0.279. The van der Waals surface area contributed by atoms with Crippen LogP contribution in [0.5, 0.6) is 11.5 Å². The van der Waals surface area contributed by atoms with E-state index in [4.69, 9.17) is 13.9 Å². The van der Waals surface area contributed by atoms with Crippen LogP contribution < -0.4 is 15.1 Å². The van der Waals surface area contributed by atoms with E-state index in [1.54, 1.807) is 12.1 Å². The SMILES string of the molecule is COc1cc2c(CO)coc(=O)c2cc1OC. The summed E-state index contributed by atoms with van der Waals surface area (Å²) in [5.41, 5.74) is 0.0544. The maximum atomic E-state index is 11.6. The normalized spacial score (nSPS) is 10.5. The minimum Gasteiger partial charge on any atom is -0.493 e. The molecule has 1 aromatic heterocycles. The molecule has 0 spiro atoms. The van der Waals surface area contributed by atoms with Crippen LogP contribution in [0.1, 0.15) is 5.56 Å². The van der Waals surface area contributed by atoms with Gasteiger partial charge in [0.05, 0.1) is 26.2 Å². The summed E-state index contributed by atoms with van der Waals surface area (Å²) in [4.78, 5) is 11.6. The summed E-state index contributed by atoms with van der Waals surface area (Å²) in [7, 11) is 2.99. The van der Waals surface area contributed by atoms with E-state index in [-0.39, 0.29) is 6.61 Å². The Kier molecular flexibility index (Phi) is 3.01. The number of aliphatic hydroxyl groups is 1. The van der Waals surface area contributed by atoms with Crippen LogP contribution in [-0.4, -0.2) is 19.3 Å². The summed E-state index contributed by atoms with van der Waals surface area (Å²) in [6, 6.07) is 3.19. The molecule has 90 valence electrons. The van der Waals surface area contributed by atoms with Gasteiger partial charge in [0, 0.05) is 10.9 Å². The van der Waals surface area contributed by atoms with Crippen LogP contribution >= 0.6 is 0 Å². The predicted molar refractivity (Wildman–Crippen MR) is 61.5 cm³/mol. The Hall–Kier alpha value is -2.01. The van der Waals surface area contributed by atoms with E-state index in [2.05, 4.69) is 0 Å². The first-order valence-electron chi connectivity index (χ1n) is 4.98. The number of fused-ring (bicyclic) bond motifs is 1. The van der Waals surface area contributed by atoms with Gasteiger partial charge >= 0.3 is 5.63 Å². The number of ether oxygens (including phenoxy) is 2. The first kappa shape index (κ1) is 11.5. The molecule has 2 rings (SSSR count). The highest BCUT2D eigenvalue weighted by Gasteiger charge is 2.12. The molecule has 5 nitrogen and oxygen atoms in total. The van der Waals surface area contributed by atoms with E-state index < -0.39 is 5.63 Å². The molecule has 1 aromatic carbocycles. The van der Waals surface area contributed by atoms with Crippen molar-refractivity contribution >= 4 is 10.8 Å². The third-order valence-electron chi connectivity index (χ3n) is 2.57. The summed E-state index contributed by atoms with van der Waals surface area (Å²) in [5.74, 6) is 0.947. The molecule has 0 aliphatic carbocycles. The molecule has 1 N–H and O–H groups in total. The molecule has 0 saturated carbocycles. The van der Waals surface area contributed by atoms with Crippen LogP contribution in [0.3, 0.4) is 0 Å². The summed E-state index contributed by atoms with van der Waals surface area (Å²) < 4.78 is 15.1. The van der Waals surface area contributed by atoms with Crippen LogP contribution in [0.2, 0.25) is 0 Å². The fourth-order valence-electron chi connectivity index (χ4n) is 1.69. The zero-order valence-corrected chi connectivity index (χ0v) is 9.52. The minimum atomic E-state index is -0.474. The average molecular weight is 236 g/mol. The third-order valence-corrected chi connectivity index (χ3v) is 2.57. The van der Waals surface area contributed by atoms with Crippen LogP contribution in [0.25, 0.3) is 10.8 Å². The standard InChI is InChI=1S/C12H12O5/c1-15-10-3-8-7(5-13)6-17-12(14)9(8)4-11(10)16-2/h3-4,6,13H,5H2,1-2H3. The van der Waals surface area contributed by atoms with Gasteiger partial charge in [-0.2, -0.15) is 0 Å². The monoisotopic (exact) mass is 236 g/mol. The van der Waals surface area contributed by atoms with Crippen molar-refractivity contribution in [1.29, 1.82) is 0 Å². The second-order valence-corrected chi connectivity index (χ2v) is 3.46. The van der Waals surface area contributed by atoms with Gasteiger partial charge in [0.15, 0.2) is 11.5 Å². The molecule has 0 atom stereocenters. The van der Waals surface area contributed by atoms with Gasteiger partial charge in [-0.1, -0.05) is 0 Å². The van der Waals surface area contributed by atoms with E-state index in [9.17, 15) is 9.90 Å². The van der Waals surface area contributed by atoms with Gasteiger partial charge < -0.3 is 19.0 Å². The number of aliphatic hydroxyl groups excluding tert-OH is 1. The fraction of sp³-hybridized carbons (Fsp3) is 0.250. The Balaban J connectivity index is 2.85. The second kappa shape index (κ2) is 4.47. The van der Waals surface area contributed by atoms with Crippen molar-refractivity contribution in [2.75, 3.05) is 14.2 Å². The first-order chi connectivity index (χ1) is 8.21. The smallest absolute Gasteiger partial charge is 0.343 e. The van der Waals surface area contributed by atoms with Gasteiger partial charge in [0.1, 0.15) is 6.26 Å². The van der Waals surface area contributed by atoms with Crippen LogP contribution in [0.4, 0.5) is 0 Å². The van der Waals surface area contributed by atoms with Crippen molar-refractivity contribution in [1.82, 2.24) is 0 Å². The van der Waals surface area contributed by atoms with Crippen molar-refractivity contribution in [3.63, 3.8) is 0 Å². The molecule has 0 aliphatic heterocycles. The molecule has 1 heterocycles. The number of benzene rings is 1. The maximum absolute atomic E-state index is 11.6. The van der Waals surface area contributed by atoms with Crippen molar-refractivity contribution in [3.05, 3.63) is 34.4 Å². The van der Waals surface area contributed by atoms with Crippen molar-refractivity contribution in [3.8, 4) is 11.5 Å². The molecular formula is C12H12O5. The number of methoxy groups -OCH3 is 2. The van der Waals surface area contributed by atoms with Crippen molar-refractivity contribution in [2.24, 2.45) is 0 Å². The highest BCUT2D eigenvalue weighted by atomic mass is 16.5. The molecule has 17 heavy (non-hydrogen) atoms. The molecule has 0 aliphatic rings. The third kappa shape index (κ3) is 1.85. The topological polar surface area (TPSA) is 68.9 Å². The quantitative estimate of drug-likeness (QED) is 0.869. The zero-order chi connectivity index (χ0) is 12.4. The van der Waals surface area contributed by atoms with E-state index >= 15 is 0 Å². The van der Waals surface area contributed by atoms with Crippen LogP contribution in [-0.2, 0) is 6.61 Å². The molecule has 0 amide bonds. The minimum absolute atomic E-state index is 0.213. The summed E-state index contributed by atoms with van der Waals surface area (Å²) in [6.07, 6.45) is 1.25. The zero-order valence-electron chi connectivity index (χ0n) is 9.52. The number of hydrogen-bond donors (Lipinski definition) is 1. The van der Waals surface area contributed by atoms with Gasteiger partial charge in [-0.15, -0.1) is 0 Å². The van der Waals surface area contributed by atoms with Gasteiger partial charge in [-0.3, -0.25) is 0 Å². The summed E-state index contributed by atoms with van der Waals surface area (Å²) in [5, 5.41) is 10.1. The molecule has 0 bridgehead atoms. The Labute approximate surface area is 97.2 Å². The van der Waals surface area contributed by atoms with Gasteiger partial charge in [0.25, 0.3) is 0 Å². The highest BCUT2D eigenvalue weighted by molar-refractivity contribution is 5.87. The highest BCUT2D eigenvalue weighted by Crippen LogP contribution is 2.32. The summed E-state index contributed by atoms with van der Waals surface area (Å²) >= 11 is 0. The number of hydrogen-bond acceptors (Lipinski definition) is 5. The molecular weight excluding hydrogens is 224 g/mol. The molecule has 5 heteroatoms. The summed E-state index contributed by atoms with van der Waals surface area (Å²) in [6.45, 7) is -0.213. The Morgan fingerprint density at radius 3 is 2.29 bits per heavy atom. The molecule has 0 saturated heterocycles. The first-order valence-corrected chi connectivity index (χ1v) is 4.98. The van der Waals surface area contributed by atoms with E-state index in [1.807, 2.05) is 0 Å². The van der Waals surface area contributed by atoms with Gasteiger partial charge in [0.2, 0.25) is 0 Å². The lowest BCUT2D eigenvalue weighted by atomic mass is 10.1. The Morgan fingerprint density at radius 1 is 1.18 bits per heavy atom. The van der Waals surface area contributed by atoms with Crippen LogP contribution in [0.15, 0.2) is 27.6 Å². The van der Waals surface area contributed by atoms with Crippen molar-refractivity contribution < 1.29 is 19.0 Å². The lowest BCUT2D eigenvalue weighted by Gasteiger charge is -2.09. The average Bonchev–Trinajstić information content (AvgIpc) is 2.38. The molecule has 0 unspecified atom stereocenters. The largest absolute Gasteiger partial charge is 0.493 e. The van der Waals surface area contributed by atoms with E-state index in [1.165, 1.54) is 20.5 Å². The Morgan fingerprint density at radius 2 is 1.76 bits per heavy atom. The van der Waals surface area contributed by atoms with E-state index in [0.29, 0.717) is 27.8 Å².